The quantitative estimate of drug-likeness (QED) is 0.167. The fourth-order valence-electron chi connectivity index (χ4n) is 5.83. The number of rotatable bonds is 5. The molecule has 0 fully saturated rings. The van der Waals surface area contributed by atoms with Gasteiger partial charge in [0.2, 0.25) is 0 Å². The highest BCUT2D eigenvalue weighted by molar-refractivity contribution is 7.14. The smallest absolute Gasteiger partial charge is 0.166 e. The Bertz CT molecular complexity index is 1480. The molecule has 0 amide bonds. The number of alkyl halides is 6. The molecule has 0 N–H and O–H groups in total. The maximum atomic E-state index is 14.5. The second-order valence-corrected chi connectivity index (χ2v) is 14.4. The third-order valence-corrected chi connectivity index (χ3v) is 12.3. The average molecular weight is 565 g/mol. The summed E-state index contributed by atoms with van der Waals surface area (Å²) >= 11 is 0. The van der Waals surface area contributed by atoms with Gasteiger partial charge in [0.25, 0.3) is 0 Å². The number of allylic oxidation sites excluding steroid dienone is 2. The molecule has 0 saturated carbocycles. The molecule has 1 aliphatic heterocycles. The van der Waals surface area contributed by atoms with Gasteiger partial charge in [-0.2, -0.15) is 26.3 Å². The molecule has 0 bridgehead atoms. The molecular formula is C33H26F6Si. The van der Waals surface area contributed by atoms with Crippen molar-refractivity contribution in [3.05, 3.63) is 143 Å². The zero-order valence-corrected chi connectivity index (χ0v) is 22.9. The molecule has 0 nitrogen and oxygen atoms in total. The van der Waals surface area contributed by atoms with E-state index in [-0.39, 0.29) is 11.1 Å². The van der Waals surface area contributed by atoms with Gasteiger partial charge in [-0.25, -0.2) is 0 Å². The van der Waals surface area contributed by atoms with Gasteiger partial charge in [0, 0.05) is 0 Å². The zero-order valence-electron chi connectivity index (χ0n) is 21.9. The molecule has 4 aromatic rings. The Morgan fingerprint density at radius 3 is 1.15 bits per heavy atom. The fourth-order valence-corrected chi connectivity index (χ4v) is 10.1. The first kappa shape index (κ1) is 27.7. The van der Waals surface area contributed by atoms with Crippen molar-refractivity contribution >= 4 is 29.6 Å². The third kappa shape index (κ3) is 4.72. The van der Waals surface area contributed by atoms with Crippen LogP contribution >= 0.6 is 0 Å². The Hall–Kier alpha value is -3.84. The van der Waals surface area contributed by atoms with Crippen LogP contribution in [0, 0.1) is 0 Å². The van der Waals surface area contributed by atoms with Gasteiger partial charge in [-0.1, -0.05) is 117 Å². The second kappa shape index (κ2) is 10.3. The largest absolute Gasteiger partial charge is 0.416 e. The number of hydrogen-bond donors (Lipinski definition) is 0. The van der Waals surface area contributed by atoms with Crippen molar-refractivity contribution in [2.75, 3.05) is 0 Å². The molecule has 0 aromatic heterocycles. The number of halogens is 6. The van der Waals surface area contributed by atoms with Crippen molar-refractivity contribution in [1.29, 1.82) is 0 Å². The van der Waals surface area contributed by atoms with Crippen LogP contribution in [0.1, 0.15) is 40.3 Å². The van der Waals surface area contributed by atoms with Crippen LogP contribution in [0.5, 0.6) is 0 Å². The molecular weight excluding hydrogens is 538 g/mol. The molecule has 0 aliphatic carbocycles. The molecule has 4 aromatic carbocycles. The van der Waals surface area contributed by atoms with Gasteiger partial charge >= 0.3 is 12.4 Å². The minimum atomic E-state index is -4.64. The van der Waals surface area contributed by atoms with Gasteiger partial charge in [-0.05, 0) is 55.9 Å². The lowest BCUT2D eigenvalue weighted by Crippen LogP contribution is -2.33. The Labute approximate surface area is 230 Å². The Kier molecular flexibility index (Phi) is 7.12. The highest BCUT2D eigenvalue weighted by atomic mass is 28.3. The summed E-state index contributed by atoms with van der Waals surface area (Å²) in [5, 5.41) is 1.000. The van der Waals surface area contributed by atoms with E-state index in [1.165, 1.54) is 24.3 Å². The third-order valence-electron chi connectivity index (χ3n) is 7.69. The van der Waals surface area contributed by atoms with E-state index in [1.54, 1.807) is 36.4 Å². The molecule has 1 heterocycles. The lowest BCUT2D eigenvalue weighted by Gasteiger charge is -2.32. The molecule has 0 atom stereocenters. The molecule has 5 rings (SSSR count). The molecule has 0 saturated heterocycles. The van der Waals surface area contributed by atoms with E-state index in [4.69, 9.17) is 0 Å². The standard InChI is InChI=1S/C33H26F6Si/c1-3-40(2)30(24-18-10-12-20-26(24)32(34,35)36)28(22-14-6-4-7-15-22)29(23-16-8-5-9-17-23)31(40)25-19-11-13-21-27(25)33(37,38)39/h4-21H,3H2,1-2H3. The maximum Gasteiger partial charge on any atom is 0.416 e. The van der Waals surface area contributed by atoms with Crippen molar-refractivity contribution in [3.8, 4) is 0 Å². The van der Waals surface area contributed by atoms with Crippen molar-refractivity contribution in [2.24, 2.45) is 0 Å². The Balaban J connectivity index is 2.01. The first-order valence-corrected chi connectivity index (χ1v) is 15.6. The van der Waals surface area contributed by atoms with E-state index < -0.39 is 31.6 Å². The molecule has 0 spiro atoms. The predicted molar refractivity (Wildman–Crippen MR) is 151 cm³/mol. The molecule has 0 radical (unpaired) electrons. The van der Waals surface area contributed by atoms with Crippen LogP contribution in [-0.2, 0) is 12.4 Å². The number of benzene rings is 4. The van der Waals surface area contributed by atoms with E-state index in [0.717, 1.165) is 12.1 Å². The predicted octanol–water partition coefficient (Wildman–Crippen LogP) is 10.4. The van der Waals surface area contributed by atoms with Crippen molar-refractivity contribution in [1.82, 2.24) is 0 Å². The minimum absolute atomic E-state index is 0.0257. The van der Waals surface area contributed by atoms with Gasteiger partial charge in [0.05, 0.1) is 11.1 Å². The summed E-state index contributed by atoms with van der Waals surface area (Å²) in [6, 6.07) is 29.3. The fraction of sp³-hybridized carbons (Fsp3) is 0.152. The number of hydrogen-bond acceptors (Lipinski definition) is 0. The van der Waals surface area contributed by atoms with E-state index >= 15 is 0 Å². The maximum absolute atomic E-state index is 14.5. The van der Waals surface area contributed by atoms with Gasteiger partial charge in [-0.3, -0.25) is 0 Å². The summed E-state index contributed by atoms with van der Waals surface area (Å²) < 4.78 is 86.9. The lowest BCUT2D eigenvalue weighted by atomic mass is 9.88. The first-order valence-electron chi connectivity index (χ1n) is 12.9. The lowest BCUT2D eigenvalue weighted by molar-refractivity contribution is -0.138. The minimum Gasteiger partial charge on any atom is -0.166 e. The van der Waals surface area contributed by atoms with Crippen molar-refractivity contribution in [2.45, 2.75) is 31.9 Å². The summed E-state index contributed by atoms with van der Waals surface area (Å²) in [5.41, 5.74) is 0.931. The SMILES string of the molecule is CC[Si]1(C)C(c2ccccc2C(F)(F)F)=C(c2ccccc2)C(c2ccccc2)=C1c1ccccc1C(F)(F)F. The van der Waals surface area contributed by atoms with Crippen LogP contribution in [0.2, 0.25) is 12.6 Å². The highest BCUT2D eigenvalue weighted by Crippen LogP contribution is 2.59. The average Bonchev–Trinajstić information content (AvgIpc) is 3.22. The van der Waals surface area contributed by atoms with Crippen LogP contribution in [0.25, 0.3) is 21.5 Å². The summed E-state index contributed by atoms with van der Waals surface area (Å²) in [7, 11) is -3.25. The zero-order chi connectivity index (χ0) is 28.7. The van der Waals surface area contributed by atoms with Gasteiger partial charge in [0.1, 0.15) is 8.07 Å². The van der Waals surface area contributed by atoms with E-state index in [1.807, 2.05) is 49.9 Å². The molecule has 7 heteroatoms. The van der Waals surface area contributed by atoms with Crippen LogP contribution in [0.15, 0.2) is 109 Å². The van der Waals surface area contributed by atoms with Crippen LogP contribution in [0.4, 0.5) is 26.3 Å². The summed E-state index contributed by atoms with van der Waals surface area (Å²) in [6.07, 6.45) is -9.29. The van der Waals surface area contributed by atoms with E-state index in [0.29, 0.717) is 38.7 Å². The Morgan fingerprint density at radius 1 is 0.500 bits per heavy atom. The Morgan fingerprint density at radius 2 is 0.825 bits per heavy atom. The summed E-state index contributed by atoms with van der Waals surface area (Å²) in [5.74, 6) is 0. The van der Waals surface area contributed by atoms with E-state index in [2.05, 4.69) is 0 Å². The van der Waals surface area contributed by atoms with Gasteiger partial charge in [0.15, 0.2) is 0 Å². The van der Waals surface area contributed by atoms with Gasteiger partial charge in [-0.15, -0.1) is 0 Å². The second-order valence-electron chi connectivity index (χ2n) is 10.0. The molecule has 0 unspecified atom stereocenters. The summed E-state index contributed by atoms with van der Waals surface area (Å²) in [6.45, 7) is 3.77. The monoisotopic (exact) mass is 564 g/mol. The highest BCUT2D eigenvalue weighted by Gasteiger charge is 2.50. The van der Waals surface area contributed by atoms with Crippen LogP contribution in [0.3, 0.4) is 0 Å². The van der Waals surface area contributed by atoms with Crippen LogP contribution in [-0.4, -0.2) is 8.07 Å². The van der Waals surface area contributed by atoms with E-state index in [9.17, 15) is 26.3 Å². The molecule has 204 valence electrons. The van der Waals surface area contributed by atoms with Gasteiger partial charge < -0.3 is 0 Å². The molecule has 40 heavy (non-hydrogen) atoms. The van der Waals surface area contributed by atoms with Crippen molar-refractivity contribution in [3.63, 3.8) is 0 Å². The van der Waals surface area contributed by atoms with Crippen molar-refractivity contribution < 1.29 is 26.3 Å². The van der Waals surface area contributed by atoms with Crippen LogP contribution < -0.4 is 0 Å². The summed E-state index contributed by atoms with van der Waals surface area (Å²) in [4.78, 5) is 0. The molecule has 1 aliphatic rings. The normalized spacial score (nSPS) is 15.6. The topological polar surface area (TPSA) is 0 Å². The first-order chi connectivity index (χ1) is 19.0.